The zero-order valence-electron chi connectivity index (χ0n) is 5.86. The first kappa shape index (κ1) is 4.17. The smallest absolute Gasteiger partial charge is 0.0269 e. The van der Waals surface area contributed by atoms with Gasteiger partial charge >= 0.3 is 0 Å². The molecule has 38 valence electrons. The van der Waals surface area contributed by atoms with E-state index < -0.39 is 0 Å². The zero-order valence-corrected chi connectivity index (χ0v) is 4.86. The molecule has 0 aliphatic rings. The van der Waals surface area contributed by atoms with Crippen LogP contribution in [-0.4, -0.2) is 0 Å². The van der Waals surface area contributed by atoms with Gasteiger partial charge in [-0.3, -0.25) is 0 Å². The molecule has 0 heterocycles. The highest BCUT2D eigenvalue weighted by molar-refractivity contribution is 4.38. The molecule has 0 saturated heterocycles. The van der Waals surface area contributed by atoms with Crippen LogP contribution in [0.1, 0.15) is 35.0 Å². The van der Waals surface area contributed by atoms with Gasteiger partial charge < -0.3 is 0 Å². The highest BCUT2D eigenvalue weighted by Gasteiger charge is 1.85. The summed E-state index contributed by atoms with van der Waals surface area (Å²) in [5.74, 6) is 0.532. The minimum absolute atomic E-state index is 0.153. The molecule has 0 radical (unpaired) electrons. The Labute approximate surface area is 42.0 Å². The highest BCUT2D eigenvalue weighted by atomic mass is 13.9. The van der Waals surface area contributed by atoms with Gasteiger partial charge in [0.1, 0.15) is 0 Å². The second kappa shape index (κ2) is 3.20. The lowest BCUT2D eigenvalue weighted by Crippen LogP contribution is -1.81. The molecule has 0 fully saturated rings. The van der Waals surface area contributed by atoms with E-state index in [0.717, 1.165) is 6.42 Å². The summed E-state index contributed by atoms with van der Waals surface area (Å²) >= 11 is 0. The third-order valence-electron chi connectivity index (χ3n) is 0.707. The lowest BCUT2D eigenvalue weighted by atomic mass is 10.1. The van der Waals surface area contributed by atoms with E-state index in [1.54, 1.807) is 0 Å². The summed E-state index contributed by atoms with van der Waals surface area (Å²) in [6.45, 7) is 6.22. The summed E-state index contributed by atoms with van der Waals surface area (Å²) in [5, 5.41) is 0. The first-order valence-electron chi connectivity index (χ1n) is 3.18. The summed E-state index contributed by atoms with van der Waals surface area (Å²) in [6.07, 6.45) is 1.14. The number of hydrogen-bond acceptors (Lipinski definition) is 0. The van der Waals surface area contributed by atoms with Crippen molar-refractivity contribution in [3.63, 3.8) is 0 Å². The van der Waals surface area contributed by atoms with E-state index in [9.17, 15) is 0 Å². The summed E-state index contributed by atoms with van der Waals surface area (Å²) in [4.78, 5) is 0. The van der Waals surface area contributed by atoms with Crippen molar-refractivity contribution in [1.82, 2.24) is 0 Å². The van der Waals surface area contributed by atoms with E-state index in [1.165, 1.54) is 0 Å². The van der Waals surface area contributed by atoms with E-state index in [1.807, 2.05) is 0 Å². The van der Waals surface area contributed by atoms with E-state index in [0.29, 0.717) is 5.92 Å². The Balaban J connectivity index is 3.14. The van der Waals surface area contributed by atoms with Crippen LogP contribution < -0.4 is 0 Å². The SMILES string of the molecule is [3H]C(CC)C(C)C. The molecule has 0 aromatic carbocycles. The van der Waals surface area contributed by atoms with Gasteiger partial charge in [-0.05, 0) is 5.92 Å². The first-order valence-corrected chi connectivity index (χ1v) is 2.60. The minimum atomic E-state index is 0.153. The predicted molar refractivity (Wildman–Crippen MR) is 29.7 cm³/mol. The average molecular weight is 88.2 g/mol. The molecular formula is C6H14. The monoisotopic (exact) mass is 88.1 g/mol. The number of rotatable bonds is 2. The molecule has 0 aliphatic heterocycles. The largest absolute Gasteiger partial charge is 0.0654 e. The topological polar surface area (TPSA) is 0 Å². The second-order valence-electron chi connectivity index (χ2n) is 1.89. The van der Waals surface area contributed by atoms with Crippen LogP contribution in [0.3, 0.4) is 0 Å². The third kappa shape index (κ3) is 4.00. The van der Waals surface area contributed by atoms with Crippen LogP contribution in [0.15, 0.2) is 0 Å². The molecule has 0 rings (SSSR count). The molecule has 0 spiro atoms. The van der Waals surface area contributed by atoms with E-state index in [-0.39, 0.29) is 6.40 Å². The van der Waals surface area contributed by atoms with Gasteiger partial charge in [-0.25, -0.2) is 0 Å². The van der Waals surface area contributed by atoms with Gasteiger partial charge in [0.05, 0.1) is 0 Å². The van der Waals surface area contributed by atoms with Crippen molar-refractivity contribution < 1.29 is 1.37 Å². The van der Waals surface area contributed by atoms with Crippen molar-refractivity contribution in [1.29, 1.82) is 0 Å². The standard InChI is InChI=1S/C6H14/c1-4-5-6(2)3/h6H,4-5H2,1-3H3/i5T. The van der Waals surface area contributed by atoms with Crippen molar-refractivity contribution in [3.05, 3.63) is 0 Å². The molecule has 0 N–H and O–H groups in total. The van der Waals surface area contributed by atoms with Gasteiger partial charge in [0.2, 0.25) is 0 Å². The maximum Gasteiger partial charge on any atom is 0.0269 e. The van der Waals surface area contributed by atoms with Crippen LogP contribution in [-0.2, 0) is 0 Å². The lowest BCUT2D eigenvalue weighted by molar-refractivity contribution is 0.576. The fraction of sp³-hybridized carbons (Fsp3) is 1.00. The van der Waals surface area contributed by atoms with E-state index in [4.69, 9.17) is 1.37 Å². The molecule has 0 amide bonds. The highest BCUT2D eigenvalue weighted by Crippen LogP contribution is 2.00. The van der Waals surface area contributed by atoms with Crippen molar-refractivity contribution in [2.45, 2.75) is 33.6 Å². The molecule has 0 aromatic heterocycles. The van der Waals surface area contributed by atoms with Gasteiger partial charge in [0, 0.05) is 1.37 Å². The molecule has 1 unspecified atom stereocenters. The Kier molecular flexibility index (Phi) is 2.22. The van der Waals surface area contributed by atoms with Crippen LogP contribution in [0.2, 0.25) is 0 Å². The number of hydrogen-bond donors (Lipinski definition) is 0. The lowest BCUT2D eigenvalue weighted by Gasteiger charge is -1.95. The minimum Gasteiger partial charge on any atom is -0.0654 e. The van der Waals surface area contributed by atoms with Crippen molar-refractivity contribution in [2.75, 3.05) is 0 Å². The molecule has 0 bridgehead atoms. The second-order valence-corrected chi connectivity index (χ2v) is 1.89. The van der Waals surface area contributed by atoms with Gasteiger partial charge in [-0.15, -0.1) is 0 Å². The molecule has 0 aromatic rings. The maximum absolute atomic E-state index is 7.28. The van der Waals surface area contributed by atoms with Gasteiger partial charge in [-0.1, -0.05) is 33.6 Å². The summed E-state index contributed by atoms with van der Waals surface area (Å²) in [6, 6.07) is 0. The Morgan fingerprint density at radius 2 is 2.17 bits per heavy atom. The maximum atomic E-state index is 7.28. The molecule has 1 atom stereocenters. The predicted octanol–water partition coefficient (Wildman–Crippen LogP) is 2.44. The van der Waals surface area contributed by atoms with Gasteiger partial charge in [0.25, 0.3) is 0 Å². The van der Waals surface area contributed by atoms with Crippen molar-refractivity contribution in [3.8, 4) is 0 Å². The normalized spacial score (nSPS) is 17.7. The Bertz CT molecular complexity index is 41.4. The summed E-state index contributed by atoms with van der Waals surface area (Å²) < 4.78 is 7.28. The van der Waals surface area contributed by atoms with Crippen molar-refractivity contribution in [2.24, 2.45) is 5.92 Å². The van der Waals surface area contributed by atoms with E-state index >= 15 is 0 Å². The van der Waals surface area contributed by atoms with Crippen LogP contribution in [0.5, 0.6) is 0 Å². The molecule has 0 aliphatic carbocycles. The Hall–Kier alpha value is 0. The van der Waals surface area contributed by atoms with Crippen LogP contribution in [0, 0.1) is 5.92 Å². The zero-order chi connectivity index (χ0) is 5.86. The van der Waals surface area contributed by atoms with Gasteiger partial charge in [-0.2, -0.15) is 0 Å². The van der Waals surface area contributed by atoms with Crippen LogP contribution >= 0.6 is 0 Å². The quantitative estimate of drug-likeness (QED) is 0.486. The fourth-order valence-electron chi connectivity index (χ4n) is 0.471. The molecule has 0 nitrogen and oxygen atoms in total. The van der Waals surface area contributed by atoms with Crippen LogP contribution in [0.4, 0.5) is 0 Å². The van der Waals surface area contributed by atoms with Crippen molar-refractivity contribution >= 4 is 0 Å². The first-order chi connectivity index (χ1) is 3.18. The third-order valence-corrected chi connectivity index (χ3v) is 0.707. The molecule has 0 heteroatoms. The molecule has 0 saturated carbocycles. The summed E-state index contributed by atoms with van der Waals surface area (Å²) in [5.41, 5.74) is 0. The fourth-order valence-corrected chi connectivity index (χ4v) is 0.471. The molecule has 6 heavy (non-hydrogen) atoms. The average Bonchev–Trinajstić information content (AvgIpc) is 1.65. The Morgan fingerprint density at radius 3 is 2.17 bits per heavy atom. The van der Waals surface area contributed by atoms with Crippen LogP contribution in [0.25, 0.3) is 0 Å². The van der Waals surface area contributed by atoms with Gasteiger partial charge in [0.15, 0.2) is 0 Å². The Morgan fingerprint density at radius 1 is 1.67 bits per heavy atom. The molecular weight excluding hydrogens is 72.1 g/mol. The van der Waals surface area contributed by atoms with E-state index in [2.05, 4.69) is 20.8 Å². The summed E-state index contributed by atoms with van der Waals surface area (Å²) in [7, 11) is 0.